The molecule has 0 aliphatic heterocycles. The molecule has 6 heteroatoms. The Bertz CT molecular complexity index is 738. The van der Waals surface area contributed by atoms with E-state index in [9.17, 15) is 13.5 Å². The Morgan fingerprint density at radius 3 is 2.58 bits per heavy atom. The molecule has 3 N–H and O–H groups in total. The van der Waals surface area contributed by atoms with E-state index >= 15 is 0 Å². The third kappa shape index (κ3) is 2.80. The number of hydrogen-bond acceptors (Lipinski definition) is 4. The number of rotatable bonds is 3. The van der Waals surface area contributed by atoms with Crippen molar-refractivity contribution in [2.75, 3.05) is 0 Å². The van der Waals surface area contributed by atoms with Crippen LogP contribution in [0.5, 0.6) is 11.5 Å². The van der Waals surface area contributed by atoms with E-state index in [4.69, 9.17) is 5.14 Å². The zero-order valence-electron chi connectivity index (χ0n) is 10.7. The first-order chi connectivity index (χ1) is 8.81. The van der Waals surface area contributed by atoms with Crippen molar-refractivity contribution in [1.29, 1.82) is 0 Å². The number of nitrogens with two attached hydrogens (primary N) is 1. The van der Waals surface area contributed by atoms with Crippen molar-refractivity contribution in [3.63, 3.8) is 0 Å². The number of aromatic hydroxyl groups is 1. The van der Waals surface area contributed by atoms with Gasteiger partial charge in [-0.15, -0.1) is 0 Å². The van der Waals surface area contributed by atoms with Crippen LogP contribution in [0.15, 0.2) is 24.3 Å². The summed E-state index contributed by atoms with van der Waals surface area (Å²) in [7, 11) is -4.04. The predicted molar refractivity (Wildman–Crippen MR) is 73.5 cm³/mol. The van der Waals surface area contributed by atoms with E-state index in [1.807, 2.05) is 13.8 Å². The molecule has 0 aliphatic rings. The van der Waals surface area contributed by atoms with Gasteiger partial charge >= 0.3 is 10.3 Å². The van der Waals surface area contributed by atoms with E-state index in [-0.39, 0.29) is 11.5 Å². The summed E-state index contributed by atoms with van der Waals surface area (Å²) in [6.45, 7) is 3.85. The van der Waals surface area contributed by atoms with Crippen molar-refractivity contribution < 1.29 is 17.7 Å². The number of aryl methyl sites for hydroxylation is 1. The molecule has 0 aliphatic carbocycles. The Hall–Kier alpha value is -1.79. The lowest BCUT2D eigenvalue weighted by Gasteiger charge is -2.11. The predicted octanol–water partition coefficient (Wildman–Crippen LogP) is 2.00. The molecule has 2 aromatic rings. The molecule has 0 bridgehead atoms. The van der Waals surface area contributed by atoms with E-state index in [1.165, 1.54) is 6.07 Å². The van der Waals surface area contributed by atoms with E-state index < -0.39 is 10.3 Å². The second kappa shape index (κ2) is 4.71. The quantitative estimate of drug-likeness (QED) is 0.900. The lowest BCUT2D eigenvalue weighted by atomic mass is 9.97. The molecule has 2 aromatic carbocycles. The van der Waals surface area contributed by atoms with Gasteiger partial charge in [0, 0.05) is 0 Å². The van der Waals surface area contributed by atoms with E-state index in [2.05, 4.69) is 4.18 Å². The Morgan fingerprint density at radius 1 is 1.32 bits per heavy atom. The maximum Gasteiger partial charge on any atom is 0.380 e. The van der Waals surface area contributed by atoms with Gasteiger partial charge in [-0.3, -0.25) is 0 Å². The number of fused-ring (bicyclic) bond motifs is 1. The van der Waals surface area contributed by atoms with Crippen LogP contribution < -0.4 is 9.32 Å². The van der Waals surface area contributed by atoms with E-state index in [0.717, 1.165) is 22.9 Å². The maximum absolute atomic E-state index is 10.9. The summed E-state index contributed by atoms with van der Waals surface area (Å²) in [6, 6.07) is 6.43. The molecule has 2 rings (SSSR count). The fourth-order valence-corrected chi connectivity index (χ4v) is 2.56. The fraction of sp³-hybridized carbons (Fsp3) is 0.231. The SMILES string of the molecule is CCc1c(C)c(O)cc2cc(OS(N)(=O)=O)ccc12. The van der Waals surface area contributed by atoms with E-state index in [0.29, 0.717) is 5.39 Å². The van der Waals surface area contributed by atoms with E-state index in [1.54, 1.807) is 18.2 Å². The van der Waals surface area contributed by atoms with Crippen LogP contribution in [0.25, 0.3) is 10.8 Å². The summed E-state index contributed by atoms with van der Waals surface area (Å²) in [5.74, 6) is 0.303. The van der Waals surface area contributed by atoms with Crippen LogP contribution in [0.1, 0.15) is 18.1 Å². The molecule has 19 heavy (non-hydrogen) atoms. The molecular formula is C13H15NO4S. The lowest BCUT2D eigenvalue weighted by Crippen LogP contribution is -2.18. The molecular weight excluding hydrogens is 266 g/mol. The van der Waals surface area contributed by atoms with Crippen LogP contribution in [0, 0.1) is 6.92 Å². The zero-order valence-corrected chi connectivity index (χ0v) is 11.5. The highest BCUT2D eigenvalue weighted by Crippen LogP contribution is 2.32. The van der Waals surface area contributed by atoms with Gasteiger partial charge in [-0.25, -0.2) is 0 Å². The molecule has 102 valence electrons. The molecule has 0 aromatic heterocycles. The second-order valence-corrected chi connectivity index (χ2v) is 5.46. The highest BCUT2D eigenvalue weighted by molar-refractivity contribution is 7.84. The third-order valence-electron chi connectivity index (χ3n) is 3.04. The van der Waals surface area contributed by atoms with Gasteiger partial charge in [0.15, 0.2) is 0 Å². The van der Waals surface area contributed by atoms with Gasteiger partial charge in [-0.05, 0) is 53.4 Å². The van der Waals surface area contributed by atoms with Gasteiger partial charge in [0.2, 0.25) is 0 Å². The summed E-state index contributed by atoms with van der Waals surface area (Å²) in [6.07, 6.45) is 0.770. The maximum atomic E-state index is 10.9. The van der Waals surface area contributed by atoms with Crippen molar-refractivity contribution in [3.05, 3.63) is 35.4 Å². The number of phenols is 1. The van der Waals surface area contributed by atoms with Gasteiger partial charge in [0.1, 0.15) is 11.5 Å². The molecule has 0 saturated heterocycles. The average molecular weight is 281 g/mol. The molecule has 0 atom stereocenters. The van der Waals surface area contributed by atoms with Crippen LogP contribution in [0.4, 0.5) is 0 Å². The monoisotopic (exact) mass is 281 g/mol. The van der Waals surface area contributed by atoms with Crippen LogP contribution >= 0.6 is 0 Å². The van der Waals surface area contributed by atoms with Crippen molar-refractivity contribution in [1.82, 2.24) is 0 Å². The van der Waals surface area contributed by atoms with Gasteiger partial charge in [-0.2, -0.15) is 13.6 Å². The first kappa shape index (κ1) is 13.6. The molecule has 5 nitrogen and oxygen atoms in total. The minimum Gasteiger partial charge on any atom is -0.508 e. The second-order valence-electron chi connectivity index (χ2n) is 4.31. The van der Waals surface area contributed by atoms with Gasteiger partial charge in [0.25, 0.3) is 0 Å². The summed E-state index contributed by atoms with van der Waals surface area (Å²) in [4.78, 5) is 0. The summed E-state index contributed by atoms with van der Waals surface area (Å²) in [5, 5.41) is 16.4. The Labute approximate surface area is 111 Å². The van der Waals surface area contributed by atoms with Gasteiger partial charge in [0.05, 0.1) is 0 Å². The van der Waals surface area contributed by atoms with Crippen LogP contribution in [-0.2, 0) is 16.7 Å². The van der Waals surface area contributed by atoms with Crippen molar-refractivity contribution >= 4 is 21.1 Å². The number of phenolic OH excluding ortho intramolecular Hbond substituents is 1. The van der Waals surface area contributed by atoms with Gasteiger partial charge < -0.3 is 9.29 Å². The molecule has 0 unspecified atom stereocenters. The van der Waals surface area contributed by atoms with Crippen LogP contribution in [-0.4, -0.2) is 13.5 Å². The fourth-order valence-electron chi connectivity index (χ4n) is 2.19. The summed E-state index contributed by atoms with van der Waals surface area (Å²) < 4.78 is 26.4. The lowest BCUT2D eigenvalue weighted by molar-refractivity contribution is 0.471. The van der Waals surface area contributed by atoms with Crippen LogP contribution in [0.3, 0.4) is 0 Å². The van der Waals surface area contributed by atoms with Crippen LogP contribution in [0.2, 0.25) is 0 Å². The molecule has 0 amide bonds. The van der Waals surface area contributed by atoms with Crippen molar-refractivity contribution in [2.24, 2.45) is 5.14 Å². The molecule has 0 spiro atoms. The number of benzene rings is 2. The largest absolute Gasteiger partial charge is 0.508 e. The first-order valence-electron chi connectivity index (χ1n) is 5.79. The smallest absolute Gasteiger partial charge is 0.380 e. The average Bonchev–Trinajstić information content (AvgIpc) is 2.29. The van der Waals surface area contributed by atoms with Crippen molar-refractivity contribution in [2.45, 2.75) is 20.3 Å². The first-order valence-corrected chi connectivity index (χ1v) is 7.26. The molecule has 0 saturated carbocycles. The summed E-state index contributed by atoms with van der Waals surface area (Å²) >= 11 is 0. The topological polar surface area (TPSA) is 89.6 Å². The Kier molecular flexibility index (Phi) is 3.38. The standard InChI is InChI=1S/C13H15NO4S/c1-3-11-8(2)13(15)7-9-6-10(4-5-12(9)11)18-19(14,16)17/h4-7,15H,3H2,1-2H3,(H2,14,16,17). The van der Waals surface area contributed by atoms with Gasteiger partial charge in [-0.1, -0.05) is 13.0 Å². The Morgan fingerprint density at radius 2 is 2.00 bits per heavy atom. The molecule has 0 radical (unpaired) electrons. The highest BCUT2D eigenvalue weighted by Gasteiger charge is 2.11. The molecule has 0 heterocycles. The highest BCUT2D eigenvalue weighted by atomic mass is 32.2. The summed E-state index contributed by atoms with van der Waals surface area (Å²) in [5.41, 5.74) is 1.85. The zero-order chi connectivity index (χ0) is 14.2. The Balaban J connectivity index is 2.65. The normalized spacial score (nSPS) is 11.7. The minimum atomic E-state index is -4.04. The number of hydrogen-bond donors (Lipinski definition) is 2. The molecule has 0 fully saturated rings. The van der Waals surface area contributed by atoms with Crippen molar-refractivity contribution in [3.8, 4) is 11.5 Å². The minimum absolute atomic E-state index is 0.125. The third-order valence-corrected chi connectivity index (χ3v) is 3.47.